The van der Waals surface area contributed by atoms with Crippen molar-refractivity contribution in [3.63, 3.8) is 0 Å². The number of carbonyl (C=O) groups is 1. The normalized spacial score (nSPS) is 24.0. The lowest BCUT2D eigenvalue weighted by Gasteiger charge is -2.30. The molecular formula is C17H28N2OS. The van der Waals surface area contributed by atoms with E-state index >= 15 is 0 Å². The van der Waals surface area contributed by atoms with E-state index < -0.39 is 0 Å². The molecule has 0 bridgehead atoms. The van der Waals surface area contributed by atoms with Gasteiger partial charge in [0, 0.05) is 6.04 Å². The van der Waals surface area contributed by atoms with Crippen LogP contribution in [0.15, 0.2) is 16.8 Å². The van der Waals surface area contributed by atoms with E-state index in [-0.39, 0.29) is 18.1 Å². The topological polar surface area (TPSA) is 32.3 Å². The number of hydrogen-bond donors (Lipinski definition) is 1. The van der Waals surface area contributed by atoms with Gasteiger partial charge < -0.3 is 4.90 Å². The first-order valence-corrected chi connectivity index (χ1v) is 9.09. The number of hydrogen-bond acceptors (Lipinski definition) is 3. The van der Waals surface area contributed by atoms with Crippen LogP contribution in [0.5, 0.6) is 0 Å². The van der Waals surface area contributed by atoms with Crippen LogP contribution < -0.4 is 5.32 Å². The maximum Gasteiger partial charge on any atom is 0.241 e. The lowest BCUT2D eigenvalue weighted by atomic mass is 10.0. The highest BCUT2D eigenvalue weighted by molar-refractivity contribution is 7.07. The van der Waals surface area contributed by atoms with Crippen LogP contribution in [0.25, 0.3) is 0 Å². The van der Waals surface area contributed by atoms with Gasteiger partial charge in [-0.3, -0.25) is 10.1 Å². The largest absolute Gasteiger partial charge is 0.319 e. The van der Waals surface area contributed by atoms with Crippen LogP contribution in [0.1, 0.15) is 65.1 Å². The first kappa shape index (κ1) is 16.5. The van der Waals surface area contributed by atoms with Gasteiger partial charge in [-0.2, -0.15) is 11.3 Å². The molecule has 1 aromatic heterocycles. The Balaban J connectivity index is 2.07. The van der Waals surface area contributed by atoms with Gasteiger partial charge in [-0.1, -0.05) is 33.6 Å². The Labute approximate surface area is 132 Å². The zero-order valence-corrected chi connectivity index (χ0v) is 14.5. The van der Waals surface area contributed by atoms with Crippen molar-refractivity contribution in [1.29, 1.82) is 0 Å². The molecule has 2 rings (SSSR count). The summed E-state index contributed by atoms with van der Waals surface area (Å²) in [5, 5.41) is 7.74. The van der Waals surface area contributed by atoms with E-state index in [0.29, 0.717) is 6.04 Å². The highest BCUT2D eigenvalue weighted by Gasteiger charge is 2.40. The van der Waals surface area contributed by atoms with E-state index in [1.54, 1.807) is 11.3 Å². The van der Waals surface area contributed by atoms with Crippen molar-refractivity contribution >= 4 is 17.2 Å². The summed E-state index contributed by atoms with van der Waals surface area (Å²) in [6.07, 6.45) is 4.43. The van der Waals surface area contributed by atoms with Crippen molar-refractivity contribution in [1.82, 2.24) is 10.2 Å². The Hall–Kier alpha value is -0.870. The van der Waals surface area contributed by atoms with E-state index in [4.69, 9.17) is 0 Å². The van der Waals surface area contributed by atoms with Crippen LogP contribution >= 0.6 is 11.3 Å². The molecule has 1 fully saturated rings. The van der Waals surface area contributed by atoms with Gasteiger partial charge in [-0.05, 0) is 48.1 Å². The third-order valence-corrected chi connectivity index (χ3v) is 5.04. The summed E-state index contributed by atoms with van der Waals surface area (Å²) in [5.41, 5.74) is 1.22. The lowest BCUT2D eigenvalue weighted by molar-refractivity contribution is -0.132. The Morgan fingerprint density at radius 3 is 2.67 bits per heavy atom. The zero-order chi connectivity index (χ0) is 15.4. The fourth-order valence-corrected chi connectivity index (χ4v) is 3.74. The van der Waals surface area contributed by atoms with Crippen molar-refractivity contribution in [2.75, 3.05) is 0 Å². The smallest absolute Gasteiger partial charge is 0.241 e. The Morgan fingerprint density at radius 1 is 1.33 bits per heavy atom. The molecule has 2 heterocycles. The molecule has 21 heavy (non-hydrogen) atoms. The lowest BCUT2D eigenvalue weighted by Crippen LogP contribution is -2.38. The minimum Gasteiger partial charge on any atom is -0.319 e. The van der Waals surface area contributed by atoms with Gasteiger partial charge in [0.25, 0.3) is 0 Å². The fraction of sp³-hybridized carbons (Fsp3) is 0.706. The summed E-state index contributed by atoms with van der Waals surface area (Å²) in [5.74, 6) is 1.01. The van der Waals surface area contributed by atoms with Crippen LogP contribution in [0.4, 0.5) is 0 Å². The molecule has 1 N–H and O–H groups in total. The summed E-state index contributed by atoms with van der Waals surface area (Å²) in [7, 11) is 0. The number of nitrogens with one attached hydrogen (secondary N) is 1. The summed E-state index contributed by atoms with van der Waals surface area (Å²) in [6.45, 7) is 8.79. The molecule has 0 spiro atoms. The first-order chi connectivity index (χ1) is 10.0. The minimum atomic E-state index is -0.0255. The van der Waals surface area contributed by atoms with Gasteiger partial charge in [-0.15, -0.1) is 0 Å². The van der Waals surface area contributed by atoms with Crippen LogP contribution in [0.2, 0.25) is 0 Å². The molecule has 3 unspecified atom stereocenters. The summed E-state index contributed by atoms with van der Waals surface area (Å²) >= 11 is 1.69. The molecule has 0 aliphatic carbocycles. The molecule has 0 aromatic carbocycles. The Bertz CT molecular complexity index is 444. The highest BCUT2D eigenvalue weighted by Crippen LogP contribution is 2.31. The van der Waals surface area contributed by atoms with Gasteiger partial charge in [-0.25, -0.2) is 0 Å². The average molecular weight is 308 g/mol. The molecule has 0 saturated carbocycles. The molecule has 3 atom stereocenters. The number of thiophene rings is 1. The van der Waals surface area contributed by atoms with Gasteiger partial charge in [0.15, 0.2) is 0 Å². The second-order valence-corrected chi connectivity index (χ2v) is 7.29. The molecule has 0 radical (unpaired) electrons. The van der Waals surface area contributed by atoms with Gasteiger partial charge in [0.1, 0.15) is 6.17 Å². The standard InChI is InChI=1S/C17H28N2OS/c1-5-15-17(20)19(13(4)8-6-7-12(2)3)16(18-15)14-9-10-21-11-14/h9-13,15-16,18H,5-8H2,1-4H3. The molecule has 1 aromatic rings. The molecule has 3 nitrogen and oxygen atoms in total. The van der Waals surface area contributed by atoms with Crippen molar-refractivity contribution in [2.45, 2.75) is 71.6 Å². The van der Waals surface area contributed by atoms with E-state index in [2.05, 4.69) is 54.7 Å². The quantitative estimate of drug-likeness (QED) is 0.820. The average Bonchev–Trinajstić information content (AvgIpc) is 3.05. The van der Waals surface area contributed by atoms with Crippen LogP contribution in [-0.4, -0.2) is 22.9 Å². The monoisotopic (exact) mass is 308 g/mol. The Morgan fingerprint density at radius 2 is 2.10 bits per heavy atom. The second-order valence-electron chi connectivity index (χ2n) is 6.51. The van der Waals surface area contributed by atoms with E-state index in [1.807, 2.05) is 0 Å². The SMILES string of the molecule is CCC1NC(c2ccsc2)N(C(C)CCCC(C)C)C1=O. The molecule has 1 aliphatic rings. The first-order valence-electron chi connectivity index (χ1n) is 8.14. The fourth-order valence-electron chi connectivity index (χ4n) is 3.06. The second kappa shape index (κ2) is 7.41. The third-order valence-electron chi connectivity index (χ3n) is 4.34. The van der Waals surface area contributed by atoms with E-state index in [9.17, 15) is 4.79 Å². The maximum atomic E-state index is 12.6. The number of amides is 1. The van der Waals surface area contributed by atoms with Crippen LogP contribution in [-0.2, 0) is 4.79 Å². The molecule has 1 saturated heterocycles. The van der Waals surface area contributed by atoms with Crippen molar-refractivity contribution in [3.05, 3.63) is 22.4 Å². The molecule has 1 aliphatic heterocycles. The predicted molar refractivity (Wildman–Crippen MR) is 89.3 cm³/mol. The third kappa shape index (κ3) is 3.86. The van der Waals surface area contributed by atoms with Crippen molar-refractivity contribution in [2.24, 2.45) is 5.92 Å². The van der Waals surface area contributed by atoms with Gasteiger partial charge >= 0.3 is 0 Å². The minimum absolute atomic E-state index is 0.0255. The van der Waals surface area contributed by atoms with Crippen LogP contribution in [0, 0.1) is 5.92 Å². The number of carbonyl (C=O) groups excluding carboxylic acids is 1. The molecule has 1 amide bonds. The molecular weight excluding hydrogens is 280 g/mol. The van der Waals surface area contributed by atoms with Crippen molar-refractivity contribution < 1.29 is 4.79 Å². The molecule has 118 valence electrons. The Kier molecular flexibility index (Phi) is 5.82. The highest BCUT2D eigenvalue weighted by atomic mass is 32.1. The van der Waals surface area contributed by atoms with Gasteiger partial charge in [0.05, 0.1) is 6.04 Å². The number of rotatable bonds is 7. The summed E-state index contributed by atoms with van der Waals surface area (Å²) in [4.78, 5) is 14.7. The summed E-state index contributed by atoms with van der Waals surface area (Å²) < 4.78 is 0. The molecule has 4 heteroatoms. The maximum absolute atomic E-state index is 12.6. The van der Waals surface area contributed by atoms with E-state index in [1.165, 1.54) is 18.4 Å². The summed E-state index contributed by atoms with van der Waals surface area (Å²) in [6, 6.07) is 2.40. The predicted octanol–water partition coefficient (Wildman–Crippen LogP) is 4.17. The van der Waals surface area contributed by atoms with Gasteiger partial charge in [0.2, 0.25) is 5.91 Å². The zero-order valence-electron chi connectivity index (χ0n) is 13.6. The van der Waals surface area contributed by atoms with Crippen molar-refractivity contribution in [3.8, 4) is 0 Å². The number of nitrogens with zero attached hydrogens (tertiary/aromatic N) is 1. The van der Waals surface area contributed by atoms with Crippen LogP contribution in [0.3, 0.4) is 0 Å². The van der Waals surface area contributed by atoms with E-state index in [0.717, 1.165) is 18.8 Å².